The fourth-order valence-electron chi connectivity index (χ4n) is 2.00. The summed E-state index contributed by atoms with van der Waals surface area (Å²) in [5.74, 6) is -0.755. The number of thiophene rings is 1. The Kier molecular flexibility index (Phi) is 3.74. The molecular formula is C10H11Cl2NO2S. The maximum absolute atomic E-state index is 11.0. The Balaban J connectivity index is 2.09. The van der Waals surface area contributed by atoms with E-state index in [9.17, 15) is 4.79 Å². The molecule has 0 unspecified atom stereocenters. The topological polar surface area (TPSA) is 40.5 Å². The molecule has 1 aliphatic rings. The molecule has 1 aliphatic heterocycles. The average Bonchev–Trinajstić information content (AvgIpc) is 2.75. The zero-order valence-corrected chi connectivity index (χ0v) is 10.8. The maximum Gasteiger partial charge on any atom is 0.320 e. The molecule has 2 rings (SSSR count). The van der Waals surface area contributed by atoms with Gasteiger partial charge < -0.3 is 5.11 Å². The van der Waals surface area contributed by atoms with Crippen molar-refractivity contribution >= 4 is 40.5 Å². The Hall–Kier alpha value is -0.290. The number of likely N-dealkylation sites (tertiary alicyclic amines) is 1. The lowest BCUT2D eigenvalue weighted by atomic mass is 10.2. The summed E-state index contributed by atoms with van der Waals surface area (Å²) in [7, 11) is 0. The Morgan fingerprint density at radius 3 is 2.94 bits per heavy atom. The van der Waals surface area contributed by atoms with E-state index in [2.05, 4.69) is 0 Å². The number of carboxylic acids is 1. The summed E-state index contributed by atoms with van der Waals surface area (Å²) in [4.78, 5) is 12.9. The minimum Gasteiger partial charge on any atom is -0.480 e. The van der Waals surface area contributed by atoms with Crippen molar-refractivity contribution < 1.29 is 9.90 Å². The van der Waals surface area contributed by atoms with Gasteiger partial charge in [0.25, 0.3) is 0 Å². The van der Waals surface area contributed by atoms with Gasteiger partial charge in [-0.2, -0.15) is 0 Å². The quantitative estimate of drug-likeness (QED) is 0.924. The number of hydrogen-bond donors (Lipinski definition) is 1. The van der Waals surface area contributed by atoms with Crippen molar-refractivity contribution in [2.24, 2.45) is 0 Å². The predicted octanol–water partition coefficient (Wildman–Crippen LogP) is 3.10. The van der Waals surface area contributed by atoms with Gasteiger partial charge in [-0.05, 0) is 31.0 Å². The van der Waals surface area contributed by atoms with Gasteiger partial charge in [-0.25, -0.2) is 0 Å². The number of carbonyl (C=O) groups is 1. The summed E-state index contributed by atoms with van der Waals surface area (Å²) in [6.45, 7) is 1.37. The molecule has 1 aromatic heterocycles. The number of aliphatic carboxylic acids is 1. The van der Waals surface area contributed by atoms with Crippen LogP contribution < -0.4 is 0 Å². The third-order valence-corrected chi connectivity index (χ3v) is 4.32. The number of nitrogens with zero attached hydrogens (tertiary/aromatic N) is 1. The molecule has 3 nitrogen and oxygen atoms in total. The fourth-order valence-corrected chi connectivity index (χ4v) is 3.47. The fraction of sp³-hybridized carbons (Fsp3) is 0.500. The van der Waals surface area contributed by atoms with Crippen LogP contribution in [0.15, 0.2) is 6.07 Å². The second-order valence-electron chi connectivity index (χ2n) is 3.82. The van der Waals surface area contributed by atoms with Crippen molar-refractivity contribution in [3.05, 3.63) is 20.3 Å². The molecule has 1 N–H and O–H groups in total. The lowest BCUT2D eigenvalue weighted by Crippen LogP contribution is -2.35. The van der Waals surface area contributed by atoms with Crippen LogP contribution in [0.4, 0.5) is 0 Å². The number of halogens is 2. The zero-order valence-electron chi connectivity index (χ0n) is 8.45. The molecule has 6 heteroatoms. The van der Waals surface area contributed by atoms with Gasteiger partial charge in [-0.3, -0.25) is 9.69 Å². The van der Waals surface area contributed by atoms with Crippen LogP contribution in [0.25, 0.3) is 0 Å². The summed E-state index contributed by atoms with van der Waals surface area (Å²) in [5.41, 5.74) is 0.921. The summed E-state index contributed by atoms with van der Waals surface area (Å²) < 4.78 is 1.30. The van der Waals surface area contributed by atoms with Gasteiger partial charge >= 0.3 is 5.97 Å². The van der Waals surface area contributed by atoms with E-state index in [-0.39, 0.29) is 6.04 Å². The van der Waals surface area contributed by atoms with Crippen molar-refractivity contribution in [3.8, 4) is 0 Å². The van der Waals surface area contributed by atoms with E-state index < -0.39 is 5.97 Å². The number of carboxylic acid groups (broad SMARTS) is 1. The normalized spacial score (nSPS) is 21.5. The molecule has 0 amide bonds. The molecule has 0 bridgehead atoms. The summed E-state index contributed by atoms with van der Waals surface area (Å²) >= 11 is 13.2. The molecule has 0 aromatic carbocycles. The van der Waals surface area contributed by atoms with Gasteiger partial charge in [-0.15, -0.1) is 11.3 Å². The zero-order chi connectivity index (χ0) is 11.7. The first kappa shape index (κ1) is 12.2. The van der Waals surface area contributed by atoms with Crippen LogP contribution in [0, 0.1) is 0 Å². The van der Waals surface area contributed by atoms with Gasteiger partial charge in [0.05, 0.1) is 8.67 Å². The van der Waals surface area contributed by atoms with E-state index in [0.717, 1.165) is 18.5 Å². The molecule has 1 fully saturated rings. The molecule has 1 saturated heterocycles. The van der Waals surface area contributed by atoms with Gasteiger partial charge in [0.1, 0.15) is 6.04 Å². The molecule has 1 atom stereocenters. The Morgan fingerprint density at radius 1 is 1.62 bits per heavy atom. The SMILES string of the molecule is O=C(O)[C@@H]1CCCN1Cc1cc(Cl)sc1Cl. The lowest BCUT2D eigenvalue weighted by Gasteiger charge is -2.20. The van der Waals surface area contributed by atoms with Gasteiger partial charge in [0.2, 0.25) is 0 Å². The van der Waals surface area contributed by atoms with Crippen LogP contribution in [0.3, 0.4) is 0 Å². The van der Waals surface area contributed by atoms with Gasteiger partial charge in [0, 0.05) is 6.54 Å². The van der Waals surface area contributed by atoms with E-state index in [1.54, 1.807) is 0 Å². The van der Waals surface area contributed by atoms with Crippen LogP contribution >= 0.6 is 34.5 Å². The molecule has 0 radical (unpaired) electrons. The smallest absolute Gasteiger partial charge is 0.320 e. The molecule has 0 saturated carbocycles. The summed E-state index contributed by atoms with van der Waals surface area (Å²) in [6.07, 6.45) is 1.64. The Morgan fingerprint density at radius 2 is 2.38 bits per heavy atom. The summed E-state index contributed by atoms with van der Waals surface area (Å²) in [5, 5.41) is 9.04. The Labute approximate surface area is 108 Å². The maximum atomic E-state index is 11.0. The highest BCUT2D eigenvalue weighted by Crippen LogP contribution is 2.33. The standard InChI is InChI=1S/C10H11Cl2NO2S/c11-8-4-6(9(12)16-8)5-13-3-1-2-7(13)10(14)15/h4,7H,1-3,5H2,(H,14,15)/t7-/m0/s1. The Bertz CT molecular complexity index is 408. The first-order valence-corrected chi connectivity index (χ1v) is 6.55. The number of rotatable bonds is 3. The lowest BCUT2D eigenvalue weighted by molar-refractivity contribution is -0.142. The molecule has 88 valence electrons. The van der Waals surface area contributed by atoms with Crippen molar-refractivity contribution in [2.45, 2.75) is 25.4 Å². The molecule has 2 heterocycles. The van der Waals surface area contributed by atoms with Crippen molar-refractivity contribution in [1.82, 2.24) is 4.90 Å². The van der Waals surface area contributed by atoms with Gasteiger partial charge in [-0.1, -0.05) is 23.2 Å². The van der Waals surface area contributed by atoms with Crippen molar-refractivity contribution in [3.63, 3.8) is 0 Å². The first-order valence-electron chi connectivity index (χ1n) is 4.98. The van der Waals surface area contributed by atoms with Crippen LogP contribution in [-0.2, 0) is 11.3 Å². The van der Waals surface area contributed by atoms with Crippen molar-refractivity contribution in [1.29, 1.82) is 0 Å². The van der Waals surface area contributed by atoms with E-state index in [1.807, 2.05) is 11.0 Å². The van der Waals surface area contributed by atoms with Crippen LogP contribution in [0.1, 0.15) is 18.4 Å². The average molecular weight is 280 g/mol. The van der Waals surface area contributed by atoms with Gasteiger partial charge in [0.15, 0.2) is 0 Å². The highest BCUT2D eigenvalue weighted by atomic mass is 35.5. The molecule has 16 heavy (non-hydrogen) atoms. The second-order valence-corrected chi connectivity index (χ2v) is 6.10. The highest BCUT2D eigenvalue weighted by molar-refractivity contribution is 7.20. The molecule has 1 aromatic rings. The molecule has 0 spiro atoms. The minimum absolute atomic E-state index is 0.380. The van der Waals surface area contributed by atoms with Crippen LogP contribution in [0.2, 0.25) is 8.67 Å². The van der Waals surface area contributed by atoms with E-state index in [1.165, 1.54) is 11.3 Å². The monoisotopic (exact) mass is 279 g/mol. The number of hydrogen-bond acceptors (Lipinski definition) is 3. The first-order chi connectivity index (χ1) is 7.58. The molecular weight excluding hydrogens is 269 g/mol. The van der Waals surface area contributed by atoms with Crippen LogP contribution in [-0.4, -0.2) is 28.6 Å². The third-order valence-electron chi connectivity index (χ3n) is 2.75. The third kappa shape index (κ3) is 2.51. The van der Waals surface area contributed by atoms with Crippen LogP contribution in [0.5, 0.6) is 0 Å². The van der Waals surface area contributed by atoms with E-state index >= 15 is 0 Å². The second kappa shape index (κ2) is 4.92. The van der Waals surface area contributed by atoms with E-state index in [4.69, 9.17) is 28.3 Å². The predicted molar refractivity (Wildman–Crippen MR) is 65.4 cm³/mol. The largest absolute Gasteiger partial charge is 0.480 e. The van der Waals surface area contributed by atoms with E-state index in [0.29, 0.717) is 21.6 Å². The minimum atomic E-state index is -0.755. The highest BCUT2D eigenvalue weighted by Gasteiger charge is 2.30. The van der Waals surface area contributed by atoms with Crippen molar-refractivity contribution in [2.75, 3.05) is 6.54 Å². The summed E-state index contributed by atoms with van der Waals surface area (Å²) in [6, 6.07) is 1.43. The molecule has 0 aliphatic carbocycles.